The highest BCUT2D eigenvalue weighted by Crippen LogP contribution is 2.28. The molecule has 1 N–H and O–H groups in total. The van der Waals surface area contributed by atoms with Crippen molar-refractivity contribution in [1.29, 1.82) is 0 Å². The van der Waals surface area contributed by atoms with Crippen molar-refractivity contribution >= 4 is 5.97 Å². The molecule has 0 aromatic carbocycles. The third-order valence-corrected chi connectivity index (χ3v) is 2.55. The Morgan fingerprint density at radius 2 is 2.53 bits per heavy atom. The smallest absolute Gasteiger partial charge is 0.308 e. The molecule has 1 saturated heterocycles. The lowest BCUT2D eigenvalue weighted by Crippen LogP contribution is -2.16. The number of aromatic nitrogens is 1. The van der Waals surface area contributed by atoms with Crippen molar-refractivity contribution in [3.05, 3.63) is 17.5 Å². The lowest BCUT2D eigenvalue weighted by molar-refractivity contribution is -0.136. The second-order valence-corrected chi connectivity index (χ2v) is 3.70. The first kappa shape index (κ1) is 10.2. The van der Waals surface area contributed by atoms with Crippen molar-refractivity contribution in [2.24, 2.45) is 0 Å². The first-order valence-electron chi connectivity index (χ1n) is 5.00. The van der Waals surface area contributed by atoms with E-state index >= 15 is 0 Å². The minimum Gasteiger partial charge on any atom is -0.481 e. The monoisotopic (exact) mass is 211 g/mol. The summed E-state index contributed by atoms with van der Waals surface area (Å²) in [5.41, 5.74) is 0.665. The molecule has 82 valence electrons. The Morgan fingerprint density at radius 1 is 1.67 bits per heavy atom. The van der Waals surface area contributed by atoms with E-state index in [1.807, 2.05) is 0 Å². The summed E-state index contributed by atoms with van der Waals surface area (Å²) in [6.45, 7) is 1.38. The summed E-state index contributed by atoms with van der Waals surface area (Å²) in [4.78, 5) is 10.6. The van der Waals surface area contributed by atoms with Gasteiger partial charge in [0.25, 0.3) is 0 Å². The quantitative estimate of drug-likeness (QED) is 0.813. The summed E-state index contributed by atoms with van der Waals surface area (Å²) in [7, 11) is 0. The van der Waals surface area contributed by atoms with E-state index in [1.165, 1.54) is 6.20 Å². The third kappa shape index (κ3) is 2.36. The van der Waals surface area contributed by atoms with E-state index < -0.39 is 5.97 Å². The normalized spacial score (nSPS) is 21.5. The van der Waals surface area contributed by atoms with Gasteiger partial charge in [0, 0.05) is 18.1 Å². The minimum absolute atomic E-state index is 0.0324. The molecule has 5 nitrogen and oxygen atoms in total. The van der Waals surface area contributed by atoms with E-state index in [2.05, 4.69) is 5.16 Å². The largest absolute Gasteiger partial charge is 0.481 e. The van der Waals surface area contributed by atoms with Crippen molar-refractivity contribution in [3.63, 3.8) is 0 Å². The second-order valence-electron chi connectivity index (χ2n) is 3.70. The van der Waals surface area contributed by atoms with Gasteiger partial charge in [-0.1, -0.05) is 5.16 Å². The summed E-state index contributed by atoms with van der Waals surface area (Å²) in [6.07, 6.45) is 3.41. The molecule has 2 heterocycles. The first-order valence-corrected chi connectivity index (χ1v) is 5.00. The Balaban J connectivity index is 2.12. The van der Waals surface area contributed by atoms with Gasteiger partial charge in [-0.15, -0.1) is 0 Å². The van der Waals surface area contributed by atoms with Gasteiger partial charge < -0.3 is 14.4 Å². The van der Waals surface area contributed by atoms with Crippen LogP contribution in [0.4, 0.5) is 0 Å². The van der Waals surface area contributed by atoms with Crippen LogP contribution in [0.1, 0.15) is 30.1 Å². The maximum atomic E-state index is 10.6. The van der Waals surface area contributed by atoms with Crippen LogP contribution in [0.15, 0.2) is 10.7 Å². The maximum Gasteiger partial charge on any atom is 0.308 e. The number of ether oxygens (including phenoxy) is 1. The Morgan fingerprint density at radius 3 is 3.20 bits per heavy atom. The molecule has 1 aliphatic rings. The van der Waals surface area contributed by atoms with Crippen molar-refractivity contribution in [3.8, 4) is 0 Å². The van der Waals surface area contributed by atoms with Gasteiger partial charge >= 0.3 is 5.97 Å². The van der Waals surface area contributed by atoms with Gasteiger partial charge in [-0.3, -0.25) is 4.79 Å². The van der Waals surface area contributed by atoms with E-state index in [9.17, 15) is 4.79 Å². The fourth-order valence-electron chi connectivity index (χ4n) is 1.85. The Kier molecular flexibility index (Phi) is 3.01. The molecule has 1 aromatic rings. The van der Waals surface area contributed by atoms with Crippen LogP contribution in [-0.4, -0.2) is 29.4 Å². The molecular formula is C10H13NO4. The molecule has 1 fully saturated rings. The van der Waals surface area contributed by atoms with Crippen LogP contribution in [0, 0.1) is 0 Å². The van der Waals surface area contributed by atoms with Gasteiger partial charge in [-0.2, -0.15) is 0 Å². The minimum atomic E-state index is -0.865. The van der Waals surface area contributed by atoms with E-state index in [0.717, 1.165) is 19.4 Å². The molecule has 0 spiro atoms. The molecule has 0 amide bonds. The average Bonchev–Trinajstić information content (AvgIpc) is 2.66. The van der Waals surface area contributed by atoms with E-state index in [4.69, 9.17) is 14.4 Å². The van der Waals surface area contributed by atoms with Crippen LogP contribution in [0.3, 0.4) is 0 Å². The fraction of sp³-hybridized carbons (Fsp3) is 0.600. The average molecular weight is 211 g/mol. The molecular weight excluding hydrogens is 198 g/mol. The van der Waals surface area contributed by atoms with Crippen LogP contribution in [0.5, 0.6) is 0 Å². The highest BCUT2D eigenvalue weighted by atomic mass is 16.5. The summed E-state index contributed by atoms with van der Waals surface area (Å²) < 4.78 is 10.4. The molecule has 0 bridgehead atoms. The van der Waals surface area contributed by atoms with Crippen LogP contribution in [0.25, 0.3) is 0 Å². The van der Waals surface area contributed by atoms with Gasteiger partial charge in [0.05, 0.1) is 19.2 Å². The topological polar surface area (TPSA) is 72.6 Å². The number of carboxylic acid groups (broad SMARTS) is 1. The summed E-state index contributed by atoms with van der Waals surface area (Å²) >= 11 is 0. The SMILES string of the molecule is O=C(O)Cc1cnoc1C1CCCOC1. The zero-order valence-electron chi connectivity index (χ0n) is 8.31. The zero-order chi connectivity index (χ0) is 10.7. The van der Waals surface area contributed by atoms with Crippen LogP contribution in [0.2, 0.25) is 0 Å². The number of hydrogen-bond acceptors (Lipinski definition) is 4. The maximum absolute atomic E-state index is 10.6. The molecule has 0 aliphatic carbocycles. The third-order valence-electron chi connectivity index (χ3n) is 2.55. The Labute approximate surface area is 87.0 Å². The zero-order valence-corrected chi connectivity index (χ0v) is 8.31. The van der Waals surface area contributed by atoms with Crippen LogP contribution >= 0.6 is 0 Å². The predicted octanol–water partition coefficient (Wildman–Crippen LogP) is 1.20. The lowest BCUT2D eigenvalue weighted by atomic mass is 9.96. The van der Waals surface area contributed by atoms with Crippen molar-refractivity contribution in [1.82, 2.24) is 5.16 Å². The van der Waals surface area contributed by atoms with Crippen LogP contribution < -0.4 is 0 Å². The van der Waals surface area contributed by atoms with Gasteiger partial charge in [-0.25, -0.2) is 0 Å². The highest BCUT2D eigenvalue weighted by molar-refractivity contribution is 5.70. The number of nitrogens with zero attached hydrogens (tertiary/aromatic N) is 1. The van der Waals surface area contributed by atoms with Gasteiger partial charge in [0.15, 0.2) is 0 Å². The molecule has 1 aromatic heterocycles. The fourth-order valence-corrected chi connectivity index (χ4v) is 1.85. The van der Waals surface area contributed by atoms with E-state index in [1.54, 1.807) is 0 Å². The number of hydrogen-bond donors (Lipinski definition) is 1. The van der Waals surface area contributed by atoms with E-state index in [0.29, 0.717) is 17.9 Å². The molecule has 2 rings (SSSR count). The standard InChI is InChI=1S/C10H13NO4/c12-9(13)4-8-5-11-15-10(8)7-2-1-3-14-6-7/h5,7H,1-4,6H2,(H,12,13). The summed E-state index contributed by atoms with van der Waals surface area (Å²) in [5, 5.41) is 12.4. The van der Waals surface area contributed by atoms with Gasteiger partial charge in [0.2, 0.25) is 0 Å². The van der Waals surface area contributed by atoms with Gasteiger partial charge in [0.1, 0.15) is 5.76 Å². The Hall–Kier alpha value is -1.36. The predicted molar refractivity (Wildman–Crippen MR) is 50.6 cm³/mol. The molecule has 1 unspecified atom stereocenters. The van der Waals surface area contributed by atoms with E-state index in [-0.39, 0.29) is 12.3 Å². The van der Waals surface area contributed by atoms with Gasteiger partial charge in [-0.05, 0) is 12.8 Å². The number of aliphatic carboxylic acids is 1. The molecule has 15 heavy (non-hydrogen) atoms. The molecule has 1 aliphatic heterocycles. The molecule has 1 atom stereocenters. The summed E-state index contributed by atoms with van der Waals surface area (Å²) in [5.74, 6) is -0.0242. The Bertz CT molecular complexity index is 341. The van der Waals surface area contributed by atoms with Crippen molar-refractivity contribution in [2.45, 2.75) is 25.2 Å². The van der Waals surface area contributed by atoms with Crippen molar-refractivity contribution in [2.75, 3.05) is 13.2 Å². The lowest BCUT2D eigenvalue weighted by Gasteiger charge is -2.20. The molecule has 0 saturated carbocycles. The molecule has 0 radical (unpaired) electrons. The summed E-state index contributed by atoms with van der Waals surface area (Å²) in [6, 6.07) is 0. The van der Waals surface area contributed by atoms with Crippen molar-refractivity contribution < 1.29 is 19.2 Å². The number of carbonyl (C=O) groups is 1. The highest BCUT2D eigenvalue weighted by Gasteiger charge is 2.23. The van der Waals surface area contributed by atoms with Crippen LogP contribution in [-0.2, 0) is 16.0 Å². The second kappa shape index (κ2) is 4.44. The molecule has 5 heteroatoms. The number of carboxylic acids is 1. The first-order chi connectivity index (χ1) is 7.27. The number of rotatable bonds is 3.